The standard InChI is InChI=1S/C17H20FN5O/c1-2-22-9-11-23(12-10-22)16(24)15-7-8-19-17(21-15)20-14-5-3-13(18)4-6-14/h3-8H,2,9-12H2,1H3,(H,19,20,21). The molecule has 1 N–H and O–H groups in total. The highest BCUT2D eigenvalue weighted by Crippen LogP contribution is 2.14. The fraction of sp³-hybridized carbons (Fsp3) is 0.353. The molecule has 0 atom stereocenters. The summed E-state index contributed by atoms with van der Waals surface area (Å²) in [7, 11) is 0. The summed E-state index contributed by atoms with van der Waals surface area (Å²) >= 11 is 0. The van der Waals surface area contributed by atoms with E-state index in [1.54, 1.807) is 24.4 Å². The SMILES string of the molecule is CCN1CCN(C(=O)c2ccnc(Nc3ccc(F)cc3)n2)CC1. The Morgan fingerprint density at radius 3 is 2.54 bits per heavy atom. The van der Waals surface area contributed by atoms with Gasteiger partial charge in [-0.2, -0.15) is 0 Å². The molecule has 1 aromatic heterocycles. The Labute approximate surface area is 140 Å². The van der Waals surface area contributed by atoms with Crippen LogP contribution in [0.1, 0.15) is 17.4 Å². The van der Waals surface area contributed by atoms with Crippen molar-refractivity contribution in [2.75, 3.05) is 38.0 Å². The minimum Gasteiger partial charge on any atom is -0.335 e. The van der Waals surface area contributed by atoms with Crippen molar-refractivity contribution < 1.29 is 9.18 Å². The van der Waals surface area contributed by atoms with Crippen molar-refractivity contribution in [1.82, 2.24) is 19.8 Å². The van der Waals surface area contributed by atoms with E-state index < -0.39 is 0 Å². The number of hydrogen-bond acceptors (Lipinski definition) is 5. The molecule has 0 spiro atoms. The molecule has 0 bridgehead atoms. The second-order valence-corrected chi connectivity index (χ2v) is 5.62. The predicted octanol–water partition coefficient (Wildman–Crippen LogP) is 2.14. The molecule has 2 heterocycles. The first kappa shape index (κ1) is 16.3. The number of carbonyl (C=O) groups excluding carboxylic acids is 1. The van der Waals surface area contributed by atoms with Crippen LogP contribution in [0.4, 0.5) is 16.0 Å². The van der Waals surface area contributed by atoms with Gasteiger partial charge in [0.15, 0.2) is 0 Å². The lowest BCUT2D eigenvalue weighted by molar-refractivity contribution is 0.0637. The number of hydrogen-bond donors (Lipinski definition) is 1. The summed E-state index contributed by atoms with van der Waals surface area (Å²) in [6, 6.07) is 7.51. The molecule has 7 heteroatoms. The van der Waals surface area contributed by atoms with Gasteiger partial charge in [-0.05, 0) is 36.9 Å². The van der Waals surface area contributed by atoms with E-state index in [1.807, 2.05) is 4.90 Å². The van der Waals surface area contributed by atoms with Crippen LogP contribution in [0.2, 0.25) is 0 Å². The van der Waals surface area contributed by atoms with Crippen molar-refractivity contribution in [2.45, 2.75) is 6.92 Å². The fourth-order valence-electron chi connectivity index (χ4n) is 2.63. The highest BCUT2D eigenvalue weighted by atomic mass is 19.1. The Morgan fingerprint density at radius 1 is 1.17 bits per heavy atom. The number of anilines is 2. The summed E-state index contributed by atoms with van der Waals surface area (Å²) in [4.78, 5) is 25.1. The highest BCUT2D eigenvalue weighted by Gasteiger charge is 2.22. The van der Waals surface area contributed by atoms with Gasteiger partial charge in [0.05, 0.1) is 0 Å². The van der Waals surface area contributed by atoms with E-state index in [1.165, 1.54) is 12.1 Å². The topological polar surface area (TPSA) is 61.4 Å². The second kappa shape index (κ2) is 7.35. The quantitative estimate of drug-likeness (QED) is 0.931. The van der Waals surface area contributed by atoms with Gasteiger partial charge in [0.2, 0.25) is 5.95 Å². The van der Waals surface area contributed by atoms with Crippen LogP contribution in [0.5, 0.6) is 0 Å². The summed E-state index contributed by atoms with van der Waals surface area (Å²) < 4.78 is 12.9. The van der Waals surface area contributed by atoms with Crippen LogP contribution in [0.3, 0.4) is 0 Å². The lowest BCUT2D eigenvalue weighted by atomic mass is 10.2. The largest absolute Gasteiger partial charge is 0.335 e. The Balaban J connectivity index is 1.68. The zero-order valence-electron chi connectivity index (χ0n) is 13.6. The third kappa shape index (κ3) is 3.86. The van der Waals surface area contributed by atoms with Gasteiger partial charge in [-0.1, -0.05) is 6.92 Å². The molecule has 1 saturated heterocycles. The van der Waals surface area contributed by atoms with Crippen LogP contribution in [-0.4, -0.2) is 58.4 Å². The lowest BCUT2D eigenvalue weighted by Gasteiger charge is -2.33. The normalized spacial score (nSPS) is 15.3. The average molecular weight is 329 g/mol. The molecular formula is C17H20FN5O. The molecule has 1 amide bonds. The van der Waals surface area contributed by atoms with Crippen molar-refractivity contribution in [2.24, 2.45) is 0 Å². The van der Waals surface area contributed by atoms with E-state index >= 15 is 0 Å². The van der Waals surface area contributed by atoms with Gasteiger partial charge in [0.25, 0.3) is 5.91 Å². The number of aromatic nitrogens is 2. The zero-order chi connectivity index (χ0) is 16.9. The molecule has 1 aliphatic rings. The number of piperazine rings is 1. The highest BCUT2D eigenvalue weighted by molar-refractivity contribution is 5.92. The third-order valence-electron chi connectivity index (χ3n) is 4.08. The van der Waals surface area contributed by atoms with Crippen LogP contribution in [0.15, 0.2) is 36.5 Å². The summed E-state index contributed by atoms with van der Waals surface area (Å²) in [6.07, 6.45) is 1.55. The number of nitrogens with one attached hydrogen (secondary N) is 1. The van der Waals surface area contributed by atoms with E-state index in [-0.39, 0.29) is 11.7 Å². The molecule has 1 fully saturated rings. The first-order valence-electron chi connectivity index (χ1n) is 8.03. The van der Waals surface area contributed by atoms with E-state index in [0.717, 1.165) is 19.6 Å². The molecular weight excluding hydrogens is 309 g/mol. The summed E-state index contributed by atoms with van der Waals surface area (Å²) in [5.41, 5.74) is 1.03. The van der Waals surface area contributed by atoms with E-state index in [2.05, 4.69) is 27.1 Å². The van der Waals surface area contributed by atoms with Crippen molar-refractivity contribution in [3.63, 3.8) is 0 Å². The minimum absolute atomic E-state index is 0.0877. The van der Waals surface area contributed by atoms with Crippen molar-refractivity contribution in [1.29, 1.82) is 0 Å². The maximum Gasteiger partial charge on any atom is 0.272 e. The number of carbonyl (C=O) groups is 1. The van der Waals surface area contributed by atoms with Gasteiger partial charge < -0.3 is 15.1 Å². The van der Waals surface area contributed by atoms with Gasteiger partial charge >= 0.3 is 0 Å². The second-order valence-electron chi connectivity index (χ2n) is 5.62. The monoisotopic (exact) mass is 329 g/mol. The van der Waals surface area contributed by atoms with Crippen LogP contribution in [-0.2, 0) is 0 Å². The van der Waals surface area contributed by atoms with Gasteiger partial charge in [-0.25, -0.2) is 14.4 Å². The molecule has 6 nitrogen and oxygen atoms in total. The molecule has 1 aliphatic heterocycles. The van der Waals surface area contributed by atoms with E-state index in [4.69, 9.17) is 0 Å². The van der Waals surface area contributed by atoms with Crippen LogP contribution >= 0.6 is 0 Å². The molecule has 0 aliphatic carbocycles. The first-order valence-corrected chi connectivity index (χ1v) is 8.03. The van der Waals surface area contributed by atoms with Crippen molar-refractivity contribution >= 4 is 17.5 Å². The molecule has 3 rings (SSSR count). The number of nitrogens with zero attached hydrogens (tertiary/aromatic N) is 4. The number of amides is 1. The summed E-state index contributed by atoms with van der Waals surface area (Å²) in [5, 5.41) is 2.98. The minimum atomic E-state index is -0.309. The zero-order valence-corrected chi connectivity index (χ0v) is 13.6. The van der Waals surface area contributed by atoms with Crippen molar-refractivity contribution in [3.8, 4) is 0 Å². The molecule has 126 valence electrons. The lowest BCUT2D eigenvalue weighted by Crippen LogP contribution is -2.48. The Hall–Kier alpha value is -2.54. The Kier molecular flexibility index (Phi) is 5.00. The Morgan fingerprint density at radius 2 is 1.88 bits per heavy atom. The summed E-state index contributed by atoms with van der Waals surface area (Å²) in [5.74, 6) is -0.0772. The maximum absolute atomic E-state index is 12.9. The molecule has 2 aromatic rings. The van der Waals surface area contributed by atoms with Gasteiger partial charge in [-0.15, -0.1) is 0 Å². The van der Waals surface area contributed by atoms with E-state index in [9.17, 15) is 9.18 Å². The van der Waals surface area contributed by atoms with Gasteiger partial charge in [-0.3, -0.25) is 4.79 Å². The molecule has 0 saturated carbocycles. The number of benzene rings is 1. The predicted molar refractivity (Wildman–Crippen MR) is 89.7 cm³/mol. The number of likely N-dealkylation sites (N-methyl/N-ethyl adjacent to an activating group) is 1. The molecule has 0 unspecified atom stereocenters. The fourth-order valence-corrected chi connectivity index (χ4v) is 2.63. The Bertz CT molecular complexity index is 698. The van der Waals surface area contributed by atoms with Crippen molar-refractivity contribution in [3.05, 3.63) is 48.0 Å². The van der Waals surface area contributed by atoms with E-state index in [0.29, 0.717) is 30.4 Å². The number of halogens is 1. The molecule has 1 aromatic carbocycles. The smallest absolute Gasteiger partial charge is 0.272 e. The molecule has 24 heavy (non-hydrogen) atoms. The maximum atomic E-state index is 12.9. The van der Waals surface area contributed by atoms with Crippen LogP contribution in [0.25, 0.3) is 0 Å². The van der Waals surface area contributed by atoms with Gasteiger partial charge in [0.1, 0.15) is 11.5 Å². The molecule has 0 radical (unpaired) electrons. The summed E-state index contributed by atoms with van der Waals surface area (Å²) in [6.45, 7) is 6.30. The third-order valence-corrected chi connectivity index (χ3v) is 4.08. The van der Waals surface area contributed by atoms with Crippen LogP contribution < -0.4 is 5.32 Å². The van der Waals surface area contributed by atoms with Gasteiger partial charge in [0, 0.05) is 38.1 Å². The number of rotatable bonds is 4. The average Bonchev–Trinajstić information content (AvgIpc) is 2.63. The van der Waals surface area contributed by atoms with Crippen LogP contribution in [0, 0.1) is 5.82 Å². The first-order chi connectivity index (χ1) is 11.7.